The highest BCUT2D eigenvalue weighted by Crippen LogP contribution is 2.38. The first-order valence-electron chi connectivity index (χ1n) is 7.78. The molecule has 0 aromatic heterocycles. The van der Waals surface area contributed by atoms with Crippen LogP contribution in [0, 0.1) is 5.41 Å². The number of hydrogen-bond donors (Lipinski definition) is 1. The van der Waals surface area contributed by atoms with Crippen LogP contribution in [-0.4, -0.2) is 29.6 Å². The van der Waals surface area contributed by atoms with Gasteiger partial charge in [0.05, 0.1) is 6.61 Å². The minimum atomic E-state index is -0.940. The lowest BCUT2D eigenvalue weighted by molar-refractivity contribution is -0.124. The molecule has 0 saturated heterocycles. The molecular formula is C17H25NO3S. The molecule has 22 heavy (non-hydrogen) atoms. The molecule has 0 radical (unpaired) electrons. The van der Waals surface area contributed by atoms with E-state index in [1.54, 1.807) is 7.11 Å². The molecule has 1 N–H and O–H groups in total. The molecule has 1 aromatic rings. The zero-order valence-corrected chi connectivity index (χ0v) is 14.2. The molecule has 0 bridgehead atoms. The SMILES string of the molecule is COCC[S@@](=O)Cc1cccc(NC(=O)C2(C)CCCC2)c1. The second kappa shape index (κ2) is 7.88. The molecule has 1 saturated carbocycles. The minimum absolute atomic E-state index is 0.0997. The van der Waals surface area contributed by atoms with Crippen molar-refractivity contribution in [3.63, 3.8) is 0 Å². The summed E-state index contributed by atoms with van der Waals surface area (Å²) in [7, 11) is 0.668. The van der Waals surface area contributed by atoms with Gasteiger partial charge in [-0.05, 0) is 30.5 Å². The molecule has 1 atom stereocenters. The van der Waals surface area contributed by atoms with Gasteiger partial charge in [0.2, 0.25) is 5.91 Å². The maximum absolute atomic E-state index is 12.4. The molecule has 0 aliphatic heterocycles. The Morgan fingerprint density at radius 2 is 2.09 bits per heavy atom. The van der Waals surface area contributed by atoms with Crippen LogP contribution in [0.5, 0.6) is 0 Å². The lowest BCUT2D eigenvalue weighted by Gasteiger charge is -2.22. The van der Waals surface area contributed by atoms with Crippen molar-refractivity contribution < 1.29 is 13.7 Å². The van der Waals surface area contributed by atoms with Crippen molar-refractivity contribution in [2.75, 3.05) is 24.8 Å². The molecule has 1 amide bonds. The Morgan fingerprint density at radius 1 is 1.36 bits per heavy atom. The fraction of sp³-hybridized carbons (Fsp3) is 0.588. The molecule has 0 unspecified atom stereocenters. The Hall–Kier alpha value is -1.20. The summed E-state index contributed by atoms with van der Waals surface area (Å²) in [6.07, 6.45) is 4.17. The number of benzene rings is 1. The van der Waals surface area contributed by atoms with Crippen LogP contribution >= 0.6 is 0 Å². The third-order valence-corrected chi connectivity index (χ3v) is 5.56. The first-order chi connectivity index (χ1) is 10.5. The van der Waals surface area contributed by atoms with E-state index in [4.69, 9.17) is 4.74 Å². The van der Waals surface area contributed by atoms with Crippen molar-refractivity contribution in [2.45, 2.75) is 38.4 Å². The largest absolute Gasteiger partial charge is 0.384 e. The zero-order chi connectivity index (χ0) is 16.0. The molecule has 1 aliphatic rings. The Balaban J connectivity index is 1.96. The van der Waals surface area contributed by atoms with E-state index < -0.39 is 10.8 Å². The average Bonchev–Trinajstić information content (AvgIpc) is 2.94. The Morgan fingerprint density at radius 3 is 2.77 bits per heavy atom. The molecule has 4 nitrogen and oxygen atoms in total. The first kappa shape index (κ1) is 17.2. The Kier molecular flexibility index (Phi) is 6.15. The summed E-state index contributed by atoms with van der Waals surface area (Å²) in [6.45, 7) is 2.54. The van der Waals surface area contributed by atoms with E-state index in [1.165, 1.54) is 0 Å². The van der Waals surface area contributed by atoms with Crippen LogP contribution in [0.1, 0.15) is 38.2 Å². The van der Waals surface area contributed by atoms with Gasteiger partial charge in [-0.15, -0.1) is 0 Å². The summed E-state index contributed by atoms with van der Waals surface area (Å²) < 4.78 is 16.9. The van der Waals surface area contributed by atoms with Crippen LogP contribution in [-0.2, 0) is 26.1 Å². The van der Waals surface area contributed by atoms with Crippen LogP contribution in [0.4, 0.5) is 5.69 Å². The quantitative estimate of drug-likeness (QED) is 0.839. The van der Waals surface area contributed by atoms with Gasteiger partial charge >= 0.3 is 0 Å². The van der Waals surface area contributed by atoms with Gasteiger partial charge in [-0.2, -0.15) is 0 Å². The van der Waals surface area contributed by atoms with Crippen molar-refractivity contribution in [3.8, 4) is 0 Å². The third-order valence-electron chi connectivity index (χ3n) is 4.28. The summed E-state index contributed by atoms with van der Waals surface area (Å²) in [6, 6.07) is 7.64. The average molecular weight is 323 g/mol. The monoisotopic (exact) mass is 323 g/mol. The van der Waals surface area contributed by atoms with E-state index in [9.17, 15) is 9.00 Å². The molecule has 122 valence electrons. The number of carbonyl (C=O) groups is 1. The van der Waals surface area contributed by atoms with E-state index in [1.807, 2.05) is 31.2 Å². The third kappa shape index (κ3) is 4.65. The Labute approximate surface area is 135 Å². The topological polar surface area (TPSA) is 55.4 Å². The molecule has 0 spiro atoms. The van der Waals surface area contributed by atoms with Crippen molar-refractivity contribution in [1.82, 2.24) is 0 Å². The van der Waals surface area contributed by atoms with Crippen LogP contribution < -0.4 is 5.32 Å². The van der Waals surface area contributed by atoms with Gasteiger partial charge in [0.25, 0.3) is 0 Å². The first-order valence-corrected chi connectivity index (χ1v) is 9.27. The van der Waals surface area contributed by atoms with Crippen molar-refractivity contribution in [1.29, 1.82) is 0 Å². The van der Waals surface area contributed by atoms with Crippen LogP contribution in [0.15, 0.2) is 24.3 Å². The van der Waals surface area contributed by atoms with Gasteiger partial charge in [0.1, 0.15) is 0 Å². The van der Waals surface area contributed by atoms with Gasteiger partial charge in [-0.25, -0.2) is 0 Å². The zero-order valence-electron chi connectivity index (χ0n) is 13.4. The molecular weight excluding hydrogens is 298 g/mol. The van der Waals surface area contributed by atoms with Crippen LogP contribution in [0.2, 0.25) is 0 Å². The minimum Gasteiger partial charge on any atom is -0.384 e. The number of methoxy groups -OCH3 is 1. The van der Waals surface area contributed by atoms with Gasteiger partial charge in [0, 0.05) is 40.5 Å². The fourth-order valence-corrected chi connectivity index (χ4v) is 3.89. The van der Waals surface area contributed by atoms with E-state index in [-0.39, 0.29) is 11.3 Å². The molecule has 0 heterocycles. The summed E-state index contributed by atoms with van der Waals surface area (Å²) in [5, 5.41) is 3.02. The van der Waals surface area contributed by atoms with Crippen molar-refractivity contribution >= 4 is 22.4 Å². The van der Waals surface area contributed by atoms with E-state index in [2.05, 4.69) is 5.32 Å². The van der Waals surface area contributed by atoms with Crippen molar-refractivity contribution in [3.05, 3.63) is 29.8 Å². The Bertz CT molecular complexity index is 538. The number of ether oxygens (including phenoxy) is 1. The van der Waals surface area contributed by atoms with E-state index >= 15 is 0 Å². The van der Waals surface area contributed by atoms with Gasteiger partial charge in [0.15, 0.2) is 0 Å². The molecule has 1 aromatic carbocycles. The number of rotatable bonds is 7. The second-order valence-corrected chi connectivity index (χ2v) is 7.78. The van der Waals surface area contributed by atoms with E-state index in [0.29, 0.717) is 18.1 Å². The molecule has 2 rings (SSSR count). The highest BCUT2D eigenvalue weighted by atomic mass is 32.2. The highest BCUT2D eigenvalue weighted by Gasteiger charge is 2.36. The van der Waals surface area contributed by atoms with Gasteiger partial charge in [-0.1, -0.05) is 31.9 Å². The standard InChI is InChI=1S/C17H25NO3S/c1-17(8-3-4-9-17)16(19)18-15-7-5-6-14(12-15)13-22(20)11-10-21-2/h5-7,12H,3-4,8-11,13H2,1-2H3,(H,18,19)/t22-/m1/s1. The number of hydrogen-bond acceptors (Lipinski definition) is 3. The maximum atomic E-state index is 12.4. The van der Waals surface area contributed by atoms with Crippen LogP contribution in [0.3, 0.4) is 0 Å². The lowest BCUT2D eigenvalue weighted by Crippen LogP contribution is -2.30. The summed E-state index contributed by atoms with van der Waals surface area (Å²) >= 11 is 0. The van der Waals surface area contributed by atoms with Crippen LogP contribution in [0.25, 0.3) is 0 Å². The smallest absolute Gasteiger partial charge is 0.230 e. The summed E-state index contributed by atoms with van der Waals surface area (Å²) in [4.78, 5) is 12.4. The maximum Gasteiger partial charge on any atom is 0.230 e. The molecule has 1 aliphatic carbocycles. The normalized spacial score (nSPS) is 18.1. The lowest BCUT2D eigenvalue weighted by atomic mass is 9.88. The number of amides is 1. The second-order valence-electron chi connectivity index (χ2n) is 6.20. The number of anilines is 1. The van der Waals surface area contributed by atoms with E-state index in [0.717, 1.165) is 36.9 Å². The number of nitrogens with one attached hydrogen (secondary N) is 1. The van der Waals surface area contributed by atoms with Gasteiger partial charge < -0.3 is 10.1 Å². The summed E-state index contributed by atoms with van der Waals surface area (Å²) in [5.74, 6) is 1.12. The summed E-state index contributed by atoms with van der Waals surface area (Å²) in [5.41, 5.74) is 1.53. The van der Waals surface area contributed by atoms with Gasteiger partial charge in [-0.3, -0.25) is 9.00 Å². The van der Waals surface area contributed by atoms with Crippen molar-refractivity contribution in [2.24, 2.45) is 5.41 Å². The highest BCUT2D eigenvalue weighted by molar-refractivity contribution is 7.84. The molecule has 5 heteroatoms. The fourth-order valence-electron chi connectivity index (χ4n) is 2.84. The predicted molar refractivity (Wildman–Crippen MR) is 90.2 cm³/mol. The number of carbonyl (C=O) groups excluding carboxylic acids is 1. The molecule has 1 fully saturated rings. The predicted octanol–water partition coefficient (Wildman–Crippen LogP) is 3.10.